The molecular formula is C89H147N23O24. The normalized spacial score (nSPS) is 18.7. The maximum Gasteiger partial charge on any atom is 0.250 e. The van der Waals surface area contributed by atoms with Crippen molar-refractivity contribution >= 4 is 136 Å². The van der Waals surface area contributed by atoms with Crippen molar-refractivity contribution in [2.24, 2.45) is 107 Å². The summed E-state index contributed by atoms with van der Waals surface area (Å²) in [7, 11) is 0. The van der Waals surface area contributed by atoms with Crippen molar-refractivity contribution in [2.45, 2.75) is 354 Å². The van der Waals surface area contributed by atoms with E-state index >= 15 is 0 Å². The fourth-order valence-electron chi connectivity index (χ4n) is 12.3. The van der Waals surface area contributed by atoms with Crippen LogP contribution in [0.4, 0.5) is 0 Å². The van der Waals surface area contributed by atoms with Gasteiger partial charge < -0.3 is 122 Å². The van der Waals surface area contributed by atoms with Crippen LogP contribution in [0.1, 0.15) is 244 Å². The quantitative estimate of drug-likeness (QED) is 0.0213. The second kappa shape index (κ2) is 49.0. The number of benzene rings is 1. The van der Waals surface area contributed by atoms with Gasteiger partial charge in [0, 0.05) is 32.7 Å². The highest BCUT2D eigenvalue weighted by molar-refractivity contribution is 6.01. The zero-order chi connectivity index (χ0) is 105. The number of carbonyl (C=O) groups is 1. The van der Waals surface area contributed by atoms with E-state index in [2.05, 4.69) is 94.9 Å². The van der Waals surface area contributed by atoms with Crippen molar-refractivity contribution in [2.75, 3.05) is 19.7 Å². The number of nitrogens with zero attached hydrogens (tertiary/aromatic N) is 20. The molecule has 2 rings (SSSR count). The van der Waals surface area contributed by atoms with Crippen LogP contribution in [-0.2, 0) is 11.2 Å². The molecule has 47 heteroatoms. The maximum atomic E-state index is 14.5. The summed E-state index contributed by atoms with van der Waals surface area (Å²) in [6, 6.07) is -2.86. The fraction of sp³-hybridized carbons (Fsp3) is 0.674. The molecule has 1 heterocycles. The molecule has 1 fully saturated rings. The Kier molecular flexibility index (Phi) is 42.9. The molecule has 1 saturated heterocycles. The van der Waals surface area contributed by atoms with Crippen LogP contribution in [0.3, 0.4) is 0 Å². The molecule has 136 heavy (non-hydrogen) atoms. The number of carbonyl (C=O) groups excluding carboxylic acids is 1. The molecule has 1 aromatic carbocycles. The summed E-state index contributed by atoms with van der Waals surface area (Å²) in [5, 5.41) is 276. The molecule has 1 aliphatic heterocycles. The molecule has 47 nitrogen and oxygen atoms in total. The molecule has 9 unspecified atom stereocenters. The number of nitrogens with one attached hydrogen (secondary N) is 3. The van der Waals surface area contributed by atoms with E-state index in [0.717, 1.165) is 5.56 Å². The van der Waals surface area contributed by atoms with Crippen LogP contribution in [0, 0.1) is 28.1 Å². The summed E-state index contributed by atoms with van der Waals surface area (Å²) in [6.45, 7) is 36.2. The van der Waals surface area contributed by atoms with E-state index in [1.807, 2.05) is 0 Å². The first-order chi connectivity index (χ1) is 61.9. The van der Waals surface area contributed by atoms with Crippen molar-refractivity contribution in [3.63, 3.8) is 0 Å². The Balaban J connectivity index is 2.49. The first-order valence-electron chi connectivity index (χ1n) is 43.9. The Bertz CT molecular complexity index is 4960. The number of aliphatic hydroxyl groups excluding tert-OH is 23. The molecule has 0 radical (unpaired) electrons. The number of likely N-dealkylation sites (tertiary alicyclic amines) is 1. The van der Waals surface area contributed by atoms with Crippen LogP contribution in [0.15, 0.2) is 125 Å². The van der Waals surface area contributed by atoms with Gasteiger partial charge in [-0.2, -0.15) is 0 Å². The lowest BCUT2D eigenvalue weighted by atomic mass is 10.0. The Morgan fingerprint density at radius 3 is 1.09 bits per heavy atom. The summed E-state index contributed by atoms with van der Waals surface area (Å²) < 4.78 is 0. The highest BCUT2D eigenvalue weighted by Gasteiger charge is 2.45. The fourth-order valence-corrected chi connectivity index (χ4v) is 12.3. The van der Waals surface area contributed by atoms with Gasteiger partial charge in [-0.25, -0.2) is 94.9 Å². The number of rotatable bonds is 52. The number of aliphatic imine (C=N–C) groups is 19. The molecule has 0 aliphatic carbocycles. The van der Waals surface area contributed by atoms with Crippen LogP contribution in [-0.4, -0.2) is 387 Å². The van der Waals surface area contributed by atoms with Gasteiger partial charge in [0.15, 0.2) is 23.6 Å². The molecule has 9 atom stereocenters. The van der Waals surface area contributed by atoms with E-state index in [9.17, 15) is 122 Å². The zero-order valence-corrected chi connectivity index (χ0v) is 82.9. The zero-order valence-electron chi connectivity index (χ0n) is 82.9. The van der Waals surface area contributed by atoms with Crippen LogP contribution in [0.25, 0.3) is 0 Å². The molecule has 0 spiro atoms. The molecule has 1 amide bonds. The van der Waals surface area contributed by atoms with Crippen molar-refractivity contribution in [1.82, 2.24) is 4.90 Å². The number of hydrogen-bond acceptors (Lipinski definition) is 24. The Morgan fingerprint density at radius 1 is 0.368 bits per heavy atom. The van der Waals surface area contributed by atoms with Gasteiger partial charge in [-0.05, 0) is 208 Å². The van der Waals surface area contributed by atoms with E-state index in [0.29, 0.717) is 6.42 Å². The summed E-state index contributed by atoms with van der Waals surface area (Å²) in [5.74, 6) is -18.3. The minimum Gasteiger partial charge on any atom is -0.497 e. The number of aliphatic hydroxyl groups is 23. The molecule has 26 N–H and O–H groups in total. The Hall–Kier alpha value is -13.0. The Labute approximate surface area is 792 Å². The first kappa shape index (κ1) is 119. The van der Waals surface area contributed by atoms with Crippen LogP contribution in [0.5, 0.6) is 0 Å². The van der Waals surface area contributed by atoms with Gasteiger partial charge in [0.1, 0.15) is 110 Å². The van der Waals surface area contributed by atoms with Crippen molar-refractivity contribution in [1.29, 1.82) is 16.2 Å². The van der Waals surface area contributed by atoms with Crippen molar-refractivity contribution < 1.29 is 122 Å². The third-order valence-corrected chi connectivity index (χ3v) is 20.9. The van der Waals surface area contributed by atoms with Crippen LogP contribution < -0.4 is 0 Å². The van der Waals surface area contributed by atoms with E-state index in [-0.39, 0.29) is 51.0 Å². The third-order valence-electron chi connectivity index (χ3n) is 20.9. The lowest BCUT2D eigenvalue weighted by Gasteiger charge is -2.31. The molecule has 1 aromatic rings. The highest BCUT2D eigenvalue weighted by atomic mass is 16.3. The minimum absolute atomic E-state index is 0.0693. The minimum atomic E-state index is -1.89. The second-order valence-electron chi connectivity index (χ2n) is 38.7. The average molecular weight is 1920 g/mol. The predicted molar refractivity (Wildman–Crippen MR) is 535 cm³/mol. The third kappa shape index (κ3) is 37.0. The van der Waals surface area contributed by atoms with Gasteiger partial charge in [-0.3, -0.25) is 21.0 Å². The number of amides is 1. The van der Waals surface area contributed by atoms with Gasteiger partial charge in [-0.15, -0.1) is 0 Å². The van der Waals surface area contributed by atoms with E-state index in [1.54, 1.807) is 58.0 Å². The van der Waals surface area contributed by atoms with E-state index in [1.165, 1.54) is 164 Å². The van der Waals surface area contributed by atoms with Gasteiger partial charge in [-0.1, -0.05) is 58.0 Å². The summed E-state index contributed by atoms with van der Waals surface area (Å²) in [4.78, 5) is 95.1. The second-order valence-corrected chi connectivity index (χ2v) is 38.7. The molecule has 1 aliphatic rings. The standard InChI is InChI=1S/C89H147N23O24/c1-45(2)60(68(125)108-88(24,25)78(135)110-84(16,17)73(130)98-53(36-39-57(91)116)65(122)97-52(35-38-56(90)115)64(121)96-51(44-113)42-50-32-29-28-30-33-50)100-67(124)55-34-31-41-112(55)79(136)89(26,27)111-76(133)86(20,21)103-59(118)43-93-70(127)80(8,9)107-69(126)61(46(3)4)101-75(132)83(14,15)106-66(123)54(37-40-58(92)117)99-74(131)85(18,19)109-77(134)87(22,23)105-63(120)48(6)95-72(129)82(12,13)104-62(119)47(5)94-71(128)81(10,11)102-49(7)114/h28-30,32-33,45-48,51-55,60-61,113H,31,34-44H2,1-27H3,(H2,90,115)(H2,91,116)(H2,92,117)(H,93,127)(H,94,128)(H,95,129)(H,96,121)(H,97,122)(H,98,130)(H,99,131)(H,100,124)(H,101,132)(H,102,114)(H,103,118)(H,104,119)(H,105,120)(H,106,123)(H,107,126)(H,108,125)(H,109,134)(H,110,135)(H,111,133). The Morgan fingerprint density at radius 2 is 0.691 bits per heavy atom. The van der Waals surface area contributed by atoms with Crippen molar-refractivity contribution in [3.05, 3.63) is 35.9 Å². The smallest absolute Gasteiger partial charge is 0.250 e. The lowest BCUT2D eigenvalue weighted by Crippen LogP contribution is -2.50. The summed E-state index contributed by atoms with van der Waals surface area (Å²) in [6.07, 6.45) is -1.50. The molecule has 762 valence electrons. The molecule has 0 saturated carbocycles. The van der Waals surface area contributed by atoms with Gasteiger partial charge in [0.2, 0.25) is 106 Å². The average Bonchev–Trinajstić information content (AvgIpc) is 1.74. The predicted octanol–water partition coefficient (Wildman–Crippen LogP) is 13.4. The van der Waals surface area contributed by atoms with Gasteiger partial charge in [0.05, 0.1) is 12.6 Å². The molecule has 0 bridgehead atoms. The van der Waals surface area contributed by atoms with Crippen LogP contribution in [0.2, 0.25) is 0 Å². The first-order valence-corrected chi connectivity index (χ1v) is 43.9. The largest absolute Gasteiger partial charge is 0.497 e. The highest BCUT2D eigenvalue weighted by Crippen LogP contribution is 2.30. The SMILES string of the molecule is CC(O)=NC(C)(C)C(O)=NC(C)C(O)=NC(C)(C)C(O)=NC(C)C(O)=NC(C)(C)C(O)=NC(C)(C)C(O)=NC(CCC(=N)O)C(O)=NC(C)(C)C(O)=NC(C(O)=NC(C)(C)C(O)=NCC(O)=NC(C)(C)C(O)=NC(C)(C)C(=O)N1CCCC1C(O)=NC(C(O)=NC(C)(C)C(O)=NC(C)(C)C(O)=NC(CCC(=N)O)C(O)=NC(CCC(=N)O)C(O)=NC(CO)Cc1ccccc1)C(C)C)C(C)C. The summed E-state index contributed by atoms with van der Waals surface area (Å²) >= 11 is 0. The lowest BCUT2D eigenvalue weighted by molar-refractivity contribution is -0.135. The van der Waals surface area contributed by atoms with Crippen LogP contribution >= 0.6 is 0 Å². The van der Waals surface area contributed by atoms with Gasteiger partial charge >= 0.3 is 0 Å². The van der Waals surface area contributed by atoms with Crippen molar-refractivity contribution in [3.8, 4) is 0 Å². The summed E-state index contributed by atoms with van der Waals surface area (Å²) in [5.41, 5.74) is -16.9. The van der Waals surface area contributed by atoms with E-state index in [4.69, 9.17) is 16.2 Å². The number of hydrogen-bond donors (Lipinski definition) is 26. The monoisotopic (exact) mass is 1920 g/mol. The maximum absolute atomic E-state index is 14.5. The van der Waals surface area contributed by atoms with E-state index < -0.39 is 277 Å². The topological polar surface area (TPSA) is 792 Å². The van der Waals surface area contributed by atoms with Gasteiger partial charge in [0.25, 0.3) is 5.91 Å². The molecular weight excluding hydrogens is 1780 g/mol. The molecule has 0 aromatic heterocycles.